The van der Waals surface area contributed by atoms with Gasteiger partial charge < -0.3 is 9.47 Å². The number of benzene rings is 12. The molecule has 0 atom stereocenters. The van der Waals surface area contributed by atoms with Crippen molar-refractivity contribution in [2.75, 3.05) is 4.90 Å². The van der Waals surface area contributed by atoms with Gasteiger partial charge in [0.2, 0.25) is 0 Å². The maximum absolute atomic E-state index is 2.49. The molecule has 0 aliphatic heterocycles. The van der Waals surface area contributed by atoms with Crippen LogP contribution in [0.25, 0.3) is 104 Å². The molecule has 1 aromatic heterocycles. The molecule has 0 bridgehead atoms. The Morgan fingerprint density at radius 2 is 0.781 bits per heavy atom. The van der Waals surface area contributed by atoms with E-state index in [-0.39, 0.29) is 0 Å². The molecular weight excluding hydrogens is 773 g/mol. The van der Waals surface area contributed by atoms with Crippen molar-refractivity contribution in [2.45, 2.75) is 0 Å². The Kier molecular flexibility index (Phi) is 8.25. The monoisotopic (exact) mass is 812 g/mol. The van der Waals surface area contributed by atoms with Crippen molar-refractivity contribution in [3.8, 4) is 27.9 Å². The summed E-state index contributed by atoms with van der Waals surface area (Å²) in [6, 6.07) is 89.2. The standard InChI is InChI=1S/C62H40N2/c1-3-17-41(18-4-1)42-31-33-47(34-32-42)63(60-39-45-21-8-11-25-50(45)53-28-15-16-30-55(53)60)48-35-36-59-58(40-48)61-57(56-37-43-19-7-10-24-49(43)52-27-13-14-29-54(52)56)38-44-20-9-12-26-51(44)62(61)64(59)46-22-5-2-6-23-46/h1-40H. The molecule has 12 aromatic carbocycles. The smallest absolute Gasteiger partial charge is 0.0625 e. The van der Waals surface area contributed by atoms with E-state index in [1.54, 1.807) is 0 Å². The molecule has 1 heterocycles. The SMILES string of the molecule is c1ccc(-c2ccc(N(c3ccc4c(c3)c3c(-c5cc6ccccc6c6ccccc56)cc5ccccc5c3n4-c3ccccc3)c3cc4ccccc4c4ccccc34)cc2)cc1. The van der Waals surface area contributed by atoms with Gasteiger partial charge in [0, 0.05) is 38.6 Å². The lowest BCUT2D eigenvalue weighted by atomic mass is 9.89. The Morgan fingerprint density at radius 1 is 0.297 bits per heavy atom. The maximum Gasteiger partial charge on any atom is 0.0625 e. The fraction of sp³-hybridized carbons (Fsp3) is 0. The van der Waals surface area contributed by atoms with Crippen LogP contribution in [0.5, 0.6) is 0 Å². The second-order valence-electron chi connectivity index (χ2n) is 16.8. The molecule has 298 valence electrons. The number of nitrogens with zero attached hydrogens (tertiary/aromatic N) is 2. The number of rotatable bonds is 6. The Hall–Kier alpha value is -8.46. The van der Waals surface area contributed by atoms with Crippen LogP contribution in [0.2, 0.25) is 0 Å². The quantitative estimate of drug-likeness (QED) is 0.152. The minimum Gasteiger partial charge on any atom is -0.310 e. The molecular formula is C62H40N2. The van der Waals surface area contributed by atoms with Crippen molar-refractivity contribution in [2.24, 2.45) is 0 Å². The summed E-state index contributed by atoms with van der Waals surface area (Å²) in [5.74, 6) is 0. The van der Waals surface area contributed by atoms with E-state index in [1.807, 2.05) is 0 Å². The minimum atomic E-state index is 1.09. The largest absolute Gasteiger partial charge is 0.310 e. The highest BCUT2D eigenvalue weighted by atomic mass is 15.1. The Morgan fingerprint density at radius 3 is 1.47 bits per heavy atom. The first kappa shape index (κ1) is 36.2. The fourth-order valence-electron chi connectivity index (χ4n) is 10.4. The Balaban J connectivity index is 1.16. The number of aromatic nitrogens is 1. The van der Waals surface area contributed by atoms with E-state index in [9.17, 15) is 0 Å². The summed E-state index contributed by atoms with van der Waals surface area (Å²) in [6.45, 7) is 0. The van der Waals surface area contributed by atoms with Gasteiger partial charge in [-0.05, 0) is 126 Å². The summed E-state index contributed by atoms with van der Waals surface area (Å²) in [4.78, 5) is 2.47. The molecule has 2 heteroatoms. The van der Waals surface area contributed by atoms with E-state index >= 15 is 0 Å². The van der Waals surface area contributed by atoms with Gasteiger partial charge in [0.25, 0.3) is 0 Å². The van der Waals surface area contributed by atoms with Crippen LogP contribution in [0.1, 0.15) is 0 Å². The molecule has 0 amide bonds. The molecule has 2 nitrogen and oxygen atoms in total. The van der Waals surface area contributed by atoms with Crippen molar-refractivity contribution in [1.29, 1.82) is 0 Å². The molecule has 0 fully saturated rings. The van der Waals surface area contributed by atoms with Gasteiger partial charge in [-0.1, -0.05) is 182 Å². The topological polar surface area (TPSA) is 8.17 Å². The van der Waals surface area contributed by atoms with Crippen LogP contribution in [0, 0.1) is 0 Å². The van der Waals surface area contributed by atoms with Gasteiger partial charge >= 0.3 is 0 Å². The lowest BCUT2D eigenvalue weighted by Crippen LogP contribution is -2.10. The molecule has 64 heavy (non-hydrogen) atoms. The highest BCUT2D eigenvalue weighted by Gasteiger charge is 2.24. The first-order valence-electron chi connectivity index (χ1n) is 22.1. The van der Waals surface area contributed by atoms with Crippen molar-refractivity contribution in [3.05, 3.63) is 243 Å². The highest BCUT2D eigenvalue weighted by Crippen LogP contribution is 2.48. The van der Waals surface area contributed by atoms with Crippen LogP contribution in [-0.2, 0) is 0 Å². The van der Waals surface area contributed by atoms with E-state index in [0.29, 0.717) is 0 Å². The number of hydrogen-bond acceptors (Lipinski definition) is 1. The average molecular weight is 813 g/mol. The number of anilines is 3. The van der Waals surface area contributed by atoms with Gasteiger partial charge in [0.05, 0.1) is 16.7 Å². The third kappa shape index (κ3) is 5.66. The maximum atomic E-state index is 2.49. The van der Waals surface area contributed by atoms with E-state index in [1.165, 1.54) is 92.4 Å². The van der Waals surface area contributed by atoms with Crippen LogP contribution in [0.4, 0.5) is 17.1 Å². The summed E-state index contributed by atoms with van der Waals surface area (Å²) >= 11 is 0. The minimum absolute atomic E-state index is 1.09. The summed E-state index contributed by atoms with van der Waals surface area (Å²) < 4.78 is 2.49. The molecule has 0 N–H and O–H groups in total. The lowest BCUT2D eigenvalue weighted by molar-refractivity contribution is 1.18. The Bertz CT molecular complexity index is 3940. The predicted octanol–water partition coefficient (Wildman–Crippen LogP) is 17.4. The van der Waals surface area contributed by atoms with Gasteiger partial charge in [0.15, 0.2) is 0 Å². The number of fused-ring (bicyclic) bond motifs is 11. The number of para-hydroxylation sites is 1. The van der Waals surface area contributed by atoms with E-state index in [0.717, 1.165) is 28.3 Å². The van der Waals surface area contributed by atoms with E-state index < -0.39 is 0 Å². The van der Waals surface area contributed by atoms with Gasteiger partial charge in [-0.3, -0.25) is 0 Å². The molecule has 13 aromatic rings. The van der Waals surface area contributed by atoms with Crippen LogP contribution >= 0.6 is 0 Å². The van der Waals surface area contributed by atoms with E-state index in [2.05, 4.69) is 252 Å². The van der Waals surface area contributed by atoms with Crippen molar-refractivity contribution in [1.82, 2.24) is 4.57 Å². The lowest BCUT2D eigenvalue weighted by Gasteiger charge is -2.28. The van der Waals surface area contributed by atoms with Gasteiger partial charge in [-0.2, -0.15) is 0 Å². The summed E-state index contributed by atoms with van der Waals surface area (Å²) in [5.41, 5.74) is 11.7. The van der Waals surface area contributed by atoms with Gasteiger partial charge in [-0.15, -0.1) is 0 Å². The second-order valence-corrected chi connectivity index (χ2v) is 16.8. The summed E-state index contributed by atoms with van der Waals surface area (Å²) in [6.07, 6.45) is 0. The summed E-state index contributed by atoms with van der Waals surface area (Å²) in [7, 11) is 0. The predicted molar refractivity (Wildman–Crippen MR) is 274 cm³/mol. The first-order valence-corrected chi connectivity index (χ1v) is 22.1. The Labute approximate surface area is 371 Å². The molecule has 0 spiro atoms. The zero-order valence-electron chi connectivity index (χ0n) is 35.0. The summed E-state index contributed by atoms with van der Waals surface area (Å²) in [5, 5.41) is 14.8. The van der Waals surface area contributed by atoms with Gasteiger partial charge in [0.1, 0.15) is 0 Å². The fourth-order valence-corrected chi connectivity index (χ4v) is 10.4. The molecule has 0 radical (unpaired) electrons. The highest BCUT2D eigenvalue weighted by molar-refractivity contribution is 6.27. The van der Waals surface area contributed by atoms with Crippen LogP contribution in [-0.4, -0.2) is 4.57 Å². The second kappa shape index (κ2) is 14.6. The number of hydrogen-bond donors (Lipinski definition) is 0. The molecule has 0 aliphatic carbocycles. The molecule has 0 saturated heterocycles. The zero-order valence-corrected chi connectivity index (χ0v) is 35.0. The van der Waals surface area contributed by atoms with E-state index in [4.69, 9.17) is 0 Å². The normalized spacial score (nSPS) is 11.8. The van der Waals surface area contributed by atoms with Crippen molar-refractivity contribution >= 4 is 92.7 Å². The first-order chi connectivity index (χ1) is 31.8. The van der Waals surface area contributed by atoms with Gasteiger partial charge in [-0.25, -0.2) is 0 Å². The third-order valence-electron chi connectivity index (χ3n) is 13.3. The van der Waals surface area contributed by atoms with Crippen LogP contribution < -0.4 is 4.90 Å². The van der Waals surface area contributed by atoms with Crippen LogP contribution in [0.3, 0.4) is 0 Å². The molecule has 13 rings (SSSR count). The average Bonchev–Trinajstić information content (AvgIpc) is 3.72. The van der Waals surface area contributed by atoms with Crippen molar-refractivity contribution in [3.63, 3.8) is 0 Å². The zero-order chi connectivity index (χ0) is 42.1. The molecule has 0 unspecified atom stereocenters. The van der Waals surface area contributed by atoms with Crippen molar-refractivity contribution < 1.29 is 0 Å². The van der Waals surface area contributed by atoms with Crippen LogP contribution in [0.15, 0.2) is 243 Å². The molecule has 0 saturated carbocycles. The third-order valence-corrected chi connectivity index (χ3v) is 13.3. The molecule has 0 aliphatic rings.